The first-order valence-corrected chi connectivity index (χ1v) is 10.4. The summed E-state index contributed by atoms with van der Waals surface area (Å²) in [7, 11) is 5.35. The molecule has 0 radical (unpaired) electrons. The Morgan fingerprint density at radius 3 is 2.50 bits per heavy atom. The molecular formula is C24H32IN5O2. The van der Waals surface area contributed by atoms with E-state index in [2.05, 4.69) is 35.4 Å². The summed E-state index contributed by atoms with van der Waals surface area (Å²) >= 11 is 0. The van der Waals surface area contributed by atoms with Crippen molar-refractivity contribution in [3.05, 3.63) is 72.1 Å². The van der Waals surface area contributed by atoms with Crippen LogP contribution in [0.3, 0.4) is 0 Å². The molecule has 0 aliphatic rings. The number of benzene rings is 2. The zero-order valence-corrected chi connectivity index (χ0v) is 21.4. The monoisotopic (exact) mass is 549 g/mol. The van der Waals surface area contributed by atoms with Crippen LogP contribution in [0.15, 0.2) is 65.9 Å². The predicted molar refractivity (Wildman–Crippen MR) is 140 cm³/mol. The fraction of sp³-hybridized carbons (Fsp3) is 0.333. The molecule has 172 valence electrons. The highest BCUT2D eigenvalue weighted by Gasteiger charge is 2.09. The number of aromatic nitrogens is 2. The van der Waals surface area contributed by atoms with Crippen molar-refractivity contribution in [1.29, 1.82) is 0 Å². The summed E-state index contributed by atoms with van der Waals surface area (Å²) < 4.78 is 12.6. The van der Waals surface area contributed by atoms with Gasteiger partial charge in [0, 0.05) is 31.9 Å². The first-order valence-electron chi connectivity index (χ1n) is 10.4. The second-order valence-electron chi connectivity index (χ2n) is 7.16. The number of likely N-dealkylation sites (N-methyl/N-ethyl adjacent to an activating group) is 1. The molecule has 1 N–H and O–H groups in total. The maximum absolute atomic E-state index is 5.41. The molecular weight excluding hydrogens is 517 g/mol. The number of aliphatic imine (C=N–C) groups is 1. The summed E-state index contributed by atoms with van der Waals surface area (Å²) in [6.07, 6.45) is 4.75. The number of nitrogens with one attached hydrogen (secondary N) is 1. The molecule has 0 aliphatic heterocycles. The van der Waals surface area contributed by atoms with Crippen molar-refractivity contribution in [3.8, 4) is 17.2 Å². The normalized spacial score (nSPS) is 10.9. The Kier molecular flexibility index (Phi) is 10.3. The van der Waals surface area contributed by atoms with Gasteiger partial charge in [0.05, 0.1) is 32.6 Å². The van der Waals surface area contributed by atoms with Crippen molar-refractivity contribution >= 4 is 29.9 Å². The summed E-state index contributed by atoms with van der Waals surface area (Å²) in [5.41, 5.74) is 3.29. The minimum atomic E-state index is 0. The number of rotatable bonds is 9. The number of hydrogen-bond donors (Lipinski definition) is 1. The molecule has 0 unspecified atom stereocenters. The van der Waals surface area contributed by atoms with Crippen molar-refractivity contribution in [2.75, 3.05) is 34.4 Å². The first-order chi connectivity index (χ1) is 15.1. The van der Waals surface area contributed by atoms with Crippen LogP contribution in [0.4, 0.5) is 0 Å². The van der Waals surface area contributed by atoms with Crippen LogP contribution in [0.1, 0.15) is 18.1 Å². The van der Waals surface area contributed by atoms with Gasteiger partial charge in [0.2, 0.25) is 0 Å². The quantitative estimate of drug-likeness (QED) is 0.247. The average Bonchev–Trinajstić information content (AvgIpc) is 3.29. The van der Waals surface area contributed by atoms with Crippen LogP contribution in [0, 0.1) is 0 Å². The summed E-state index contributed by atoms with van der Waals surface area (Å²) in [5.74, 6) is 2.36. The molecule has 8 heteroatoms. The third-order valence-corrected chi connectivity index (χ3v) is 4.95. The second kappa shape index (κ2) is 12.9. The van der Waals surface area contributed by atoms with E-state index in [-0.39, 0.29) is 24.0 Å². The van der Waals surface area contributed by atoms with Gasteiger partial charge in [-0.1, -0.05) is 24.3 Å². The third-order valence-electron chi connectivity index (χ3n) is 4.95. The van der Waals surface area contributed by atoms with E-state index in [1.54, 1.807) is 14.2 Å². The van der Waals surface area contributed by atoms with Crippen molar-refractivity contribution in [2.24, 2.45) is 4.99 Å². The Balaban J connectivity index is 0.00000363. The van der Waals surface area contributed by atoms with Crippen molar-refractivity contribution in [3.63, 3.8) is 0 Å². The number of methoxy groups -OCH3 is 2. The molecule has 32 heavy (non-hydrogen) atoms. The molecule has 0 aliphatic carbocycles. The summed E-state index contributed by atoms with van der Waals surface area (Å²) in [6.45, 7) is 4.27. The van der Waals surface area contributed by atoms with Gasteiger partial charge < -0.3 is 19.7 Å². The van der Waals surface area contributed by atoms with Crippen LogP contribution >= 0.6 is 24.0 Å². The number of guanidine groups is 1. The van der Waals surface area contributed by atoms with Gasteiger partial charge in [0.25, 0.3) is 0 Å². The van der Waals surface area contributed by atoms with Crippen molar-refractivity contribution < 1.29 is 9.47 Å². The molecule has 1 aromatic heterocycles. The molecule has 0 bridgehead atoms. The topological polar surface area (TPSA) is 63.9 Å². The standard InChI is InChI=1S/C24H31N5O2.HI/c1-5-25-24(26-16-20-17-27-29(18-20)21-9-7-6-8-10-21)28(2)14-13-19-11-12-22(30-3)23(15-19)31-4;/h6-12,15,17-18H,5,13-14,16H2,1-4H3,(H,25,26);1H. The van der Waals surface area contributed by atoms with E-state index in [0.717, 1.165) is 48.2 Å². The predicted octanol–water partition coefficient (Wildman–Crippen LogP) is 4.15. The van der Waals surface area contributed by atoms with E-state index in [1.165, 1.54) is 5.56 Å². The molecule has 3 rings (SSSR count). The molecule has 0 amide bonds. The average molecular weight is 549 g/mol. The number of nitrogens with zero attached hydrogens (tertiary/aromatic N) is 4. The molecule has 0 atom stereocenters. The van der Waals surface area contributed by atoms with E-state index >= 15 is 0 Å². The Morgan fingerprint density at radius 2 is 1.81 bits per heavy atom. The molecule has 0 fully saturated rings. The van der Waals surface area contributed by atoms with E-state index in [1.807, 2.05) is 59.5 Å². The van der Waals surface area contributed by atoms with Crippen LogP contribution < -0.4 is 14.8 Å². The van der Waals surface area contributed by atoms with Gasteiger partial charge in [0.1, 0.15) is 0 Å². The maximum atomic E-state index is 5.41. The molecule has 1 heterocycles. The largest absolute Gasteiger partial charge is 0.493 e. The van der Waals surface area contributed by atoms with Crippen LogP contribution in [0.2, 0.25) is 0 Å². The van der Waals surface area contributed by atoms with Gasteiger partial charge in [-0.05, 0) is 43.2 Å². The number of para-hydroxylation sites is 1. The van der Waals surface area contributed by atoms with Gasteiger partial charge in [-0.2, -0.15) is 5.10 Å². The molecule has 0 saturated carbocycles. The van der Waals surface area contributed by atoms with Crippen LogP contribution in [-0.2, 0) is 13.0 Å². The van der Waals surface area contributed by atoms with Crippen LogP contribution in [-0.4, -0.2) is 55.0 Å². The number of ether oxygens (including phenoxy) is 2. The minimum absolute atomic E-state index is 0. The molecule has 2 aromatic carbocycles. The lowest BCUT2D eigenvalue weighted by molar-refractivity contribution is 0.354. The fourth-order valence-electron chi connectivity index (χ4n) is 3.24. The fourth-order valence-corrected chi connectivity index (χ4v) is 3.24. The van der Waals surface area contributed by atoms with Gasteiger partial charge in [-0.15, -0.1) is 24.0 Å². The zero-order valence-electron chi connectivity index (χ0n) is 19.1. The van der Waals surface area contributed by atoms with E-state index in [4.69, 9.17) is 14.5 Å². The van der Waals surface area contributed by atoms with Gasteiger partial charge in [-0.3, -0.25) is 0 Å². The Labute approximate surface area is 207 Å². The summed E-state index contributed by atoms with van der Waals surface area (Å²) in [4.78, 5) is 6.94. The zero-order chi connectivity index (χ0) is 22.1. The van der Waals surface area contributed by atoms with Gasteiger partial charge in [0.15, 0.2) is 17.5 Å². The Hall–Kier alpha value is -2.75. The van der Waals surface area contributed by atoms with E-state index in [0.29, 0.717) is 6.54 Å². The van der Waals surface area contributed by atoms with Crippen LogP contribution in [0.5, 0.6) is 11.5 Å². The molecule has 3 aromatic rings. The summed E-state index contributed by atoms with van der Waals surface area (Å²) in [6, 6.07) is 16.1. The van der Waals surface area contributed by atoms with Gasteiger partial charge in [-0.25, -0.2) is 9.67 Å². The molecule has 0 saturated heterocycles. The SMILES string of the molecule is CCNC(=NCc1cnn(-c2ccccc2)c1)N(C)CCc1ccc(OC)c(OC)c1.I. The molecule has 7 nitrogen and oxygen atoms in total. The highest BCUT2D eigenvalue weighted by molar-refractivity contribution is 14.0. The lowest BCUT2D eigenvalue weighted by Gasteiger charge is -2.22. The first kappa shape index (κ1) is 25.5. The van der Waals surface area contributed by atoms with E-state index < -0.39 is 0 Å². The third kappa shape index (κ3) is 6.88. The van der Waals surface area contributed by atoms with Crippen molar-refractivity contribution in [2.45, 2.75) is 19.9 Å². The Bertz CT molecular complexity index is 991. The number of halogens is 1. The lowest BCUT2D eigenvalue weighted by atomic mass is 10.1. The smallest absolute Gasteiger partial charge is 0.193 e. The number of hydrogen-bond acceptors (Lipinski definition) is 4. The molecule has 0 spiro atoms. The lowest BCUT2D eigenvalue weighted by Crippen LogP contribution is -2.39. The van der Waals surface area contributed by atoms with E-state index in [9.17, 15) is 0 Å². The van der Waals surface area contributed by atoms with Crippen molar-refractivity contribution in [1.82, 2.24) is 20.0 Å². The highest BCUT2D eigenvalue weighted by atomic mass is 127. The highest BCUT2D eigenvalue weighted by Crippen LogP contribution is 2.27. The van der Waals surface area contributed by atoms with Gasteiger partial charge >= 0.3 is 0 Å². The minimum Gasteiger partial charge on any atom is -0.493 e. The Morgan fingerprint density at radius 1 is 1.06 bits per heavy atom. The summed E-state index contributed by atoms with van der Waals surface area (Å²) in [5, 5.41) is 7.83. The van der Waals surface area contributed by atoms with Crippen LogP contribution in [0.25, 0.3) is 5.69 Å². The maximum Gasteiger partial charge on any atom is 0.193 e. The second-order valence-corrected chi connectivity index (χ2v) is 7.16.